The van der Waals surface area contributed by atoms with Crippen LogP contribution in [-0.2, 0) is 6.54 Å². The monoisotopic (exact) mass is 344 g/mol. The zero-order chi connectivity index (χ0) is 17.6. The summed E-state index contributed by atoms with van der Waals surface area (Å²) in [5.74, 6) is -0.0933. The molecule has 0 radical (unpaired) electrons. The molecule has 0 aliphatic carbocycles. The van der Waals surface area contributed by atoms with Gasteiger partial charge in [-0.3, -0.25) is 9.88 Å². The van der Waals surface area contributed by atoms with Crippen molar-refractivity contribution in [2.24, 2.45) is 0 Å². The summed E-state index contributed by atoms with van der Waals surface area (Å²) < 4.78 is 18.3. The molecule has 2 heterocycles. The molecule has 0 bridgehead atoms. The van der Waals surface area contributed by atoms with E-state index in [0.29, 0.717) is 24.5 Å². The maximum Gasteiger partial charge on any atom is 0.322 e. The van der Waals surface area contributed by atoms with E-state index >= 15 is 0 Å². The van der Waals surface area contributed by atoms with Crippen LogP contribution in [0.3, 0.4) is 0 Å². The van der Waals surface area contributed by atoms with Gasteiger partial charge in [-0.2, -0.15) is 0 Å². The summed E-state index contributed by atoms with van der Waals surface area (Å²) >= 11 is 0. The number of amides is 2. The summed E-state index contributed by atoms with van der Waals surface area (Å²) in [7, 11) is 1.45. The molecule has 1 aromatic carbocycles. The molecule has 1 fully saturated rings. The minimum Gasteiger partial charge on any atom is -0.494 e. The Labute approximate surface area is 146 Å². The smallest absolute Gasteiger partial charge is 0.322 e. The number of urea groups is 1. The Kier molecular flexibility index (Phi) is 5.45. The molecule has 7 heteroatoms. The van der Waals surface area contributed by atoms with Gasteiger partial charge in [0.25, 0.3) is 0 Å². The van der Waals surface area contributed by atoms with Gasteiger partial charge < -0.3 is 15.0 Å². The highest BCUT2D eigenvalue weighted by Gasteiger charge is 2.22. The number of carbonyl (C=O) groups excluding carboxylic acids is 1. The highest BCUT2D eigenvalue weighted by Crippen LogP contribution is 2.25. The van der Waals surface area contributed by atoms with E-state index in [9.17, 15) is 9.18 Å². The molecule has 2 aromatic rings. The van der Waals surface area contributed by atoms with Crippen LogP contribution in [0.5, 0.6) is 5.75 Å². The van der Waals surface area contributed by atoms with E-state index in [-0.39, 0.29) is 6.03 Å². The van der Waals surface area contributed by atoms with Crippen molar-refractivity contribution in [3.05, 3.63) is 54.1 Å². The number of benzene rings is 1. The van der Waals surface area contributed by atoms with Crippen molar-refractivity contribution in [2.75, 3.05) is 38.6 Å². The van der Waals surface area contributed by atoms with Crippen LogP contribution in [0.2, 0.25) is 0 Å². The van der Waals surface area contributed by atoms with Crippen molar-refractivity contribution < 1.29 is 13.9 Å². The summed E-state index contributed by atoms with van der Waals surface area (Å²) in [6.07, 6.45) is 3.57. The number of piperazine rings is 1. The summed E-state index contributed by atoms with van der Waals surface area (Å²) in [5, 5.41) is 2.79. The largest absolute Gasteiger partial charge is 0.494 e. The van der Waals surface area contributed by atoms with Crippen LogP contribution < -0.4 is 10.1 Å². The third kappa shape index (κ3) is 4.45. The van der Waals surface area contributed by atoms with E-state index < -0.39 is 5.82 Å². The quantitative estimate of drug-likeness (QED) is 0.926. The number of rotatable bonds is 4. The van der Waals surface area contributed by atoms with Gasteiger partial charge in [-0.1, -0.05) is 0 Å². The van der Waals surface area contributed by atoms with Crippen LogP contribution in [0, 0.1) is 5.82 Å². The second-order valence-corrected chi connectivity index (χ2v) is 5.89. The van der Waals surface area contributed by atoms with Crippen molar-refractivity contribution >= 4 is 11.7 Å². The number of anilines is 1. The van der Waals surface area contributed by atoms with Crippen molar-refractivity contribution in [2.45, 2.75) is 6.54 Å². The third-order valence-electron chi connectivity index (χ3n) is 4.22. The van der Waals surface area contributed by atoms with Gasteiger partial charge >= 0.3 is 6.03 Å². The Balaban J connectivity index is 1.53. The van der Waals surface area contributed by atoms with Gasteiger partial charge in [-0.05, 0) is 29.8 Å². The van der Waals surface area contributed by atoms with Crippen LogP contribution in [0.25, 0.3) is 0 Å². The highest BCUT2D eigenvalue weighted by atomic mass is 19.1. The lowest BCUT2D eigenvalue weighted by Crippen LogP contribution is -2.49. The number of ether oxygens (including phenoxy) is 1. The van der Waals surface area contributed by atoms with Crippen LogP contribution in [0.1, 0.15) is 5.56 Å². The molecule has 1 aliphatic rings. The topological polar surface area (TPSA) is 57.7 Å². The molecule has 2 amide bonds. The van der Waals surface area contributed by atoms with Gasteiger partial charge in [0.05, 0.1) is 12.8 Å². The fourth-order valence-corrected chi connectivity index (χ4v) is 2.82. The molecular formula is C18H21FN4O2. The maximum atomic E-state index is 13.2. The number of aromatic nitrogens is 1. The standard InChI is InChI=1S/C18H21FN4O2/c1-25-17-12-15(19)2-3-16(17)21-18(24)23-10-8-22(9-11-23)13-14-4-6-20-7-5-14/h2-7,12H,8-11,13H2,1H3,(H,21,24). The lowest BCUT2D eigenvalue weighted by Gasteiger charge is -2.34. The minimum absolute atomic E-state index is 0.200. The normalized spacial score (nSPS) is 15.0. The van der Waals surface area contributed by atoms with Crippen molar-refractivity contribution in [1.82, 2.24) is 14.8 Å². The first-order valence-corrected chi connectivity index (χ1v) is 8.16. The summed E-state index contributed by atoms with van der Waals surface area (Å²) in [5.41, 5.74) is 1.68. The van der Waals surface area contributed by atoms with Crippen LogP contribution in [0.4, 0.5) is 14.9 Å². The average molecular weight is 344 g/mol. The fraction of sp³-hybridized carbons (Fsp3) is 0.333. The summed E-state index contributed by atoms with van der Waals surface area (Å²) in [6, 6.07) is 7.85. The van der Waals surface area contributed by atoms with Crippen LogP contribution >= 0.6 is 0 Å². The van der Waals surface area contributed by atoms with Gasteiger partial charge in [-0.15, -0.1) is 0 Å². The first-order valence-electron chi connectivity index (χ1n) is 8.16. The number of methoxy groups -OCH3 is 1. The van der Waals surface area contributed by atoms with Crippen molar-refractivity contribution in [3.8, 4) is 5.75 Å². The zero-order valence-electron chi connectivity index (χ0n) is 14.1. The molecule has 0 unspecified atom stereocenters. The Morgan fingerprint density at radius 3 is 2.60 bits per heavy atom. The molecule has 132 valence electrons. The number of nitrogens with one attached hydrogen (secondary N) is 1. The molecule has 25 heavy (non-hydrogen) atoms. The fourth-order valence-electron chi connectivity index (χ4n) is 2.82. The second-order valence-electron chi connectivity index (χ2n) is 5.89. The molecule has 6 nitrogen and oxygen atoms in total. The number of hydrogen-bond donors (Lipinski definition) is 1. The zero-order valence-corrected chi connectivity index (χ0v) is 14.1. The van der Waals surface area contributed by atoms with E-state index in [4.69, 9.17) is 4.74 Å². The maximum absolute atomic E-state index is 13.2. The SMILES string of the molecule is COc1cc(F)ccc1NC(=O)N1CCN(Cc2ccncc2)CC1. The number of carbonyl (C=O) groups is 1. The predicted molar refractivity (Wildman–Crippen MR) is 93.1 cm³/mol. The first kappa shape index (κ1) is 17.2. The van der Waals surface area contributed by atoms with Crippen molar-refractivity contribution in [1.29, 1.82) is 0 Å². The molecular weight excluding hydrogens is 323 g/mol. The Morgan fingerprint density at radius 1 is 1.20 bits per heavy atom. The number of hydrogen-bond acceptors (Lipinski definition) is 4. The van der Waals surface area contributed by atoms with E-state index in [1.165, 1.54) is 30.9 Å². The molecule has 1 N–H and O–H groups in total. The van der Waals surface area contributed by atoms with E-state index in [0.717, 1.165) is 19.6 Å². The Morgan fingerprint density at radius 2 is 1.92 bits per heavy atom. The van der Waals surface area contributed by atoms with Crippen molar-refractivity contribution in [3.63, 3.8) is 0 Å². The molecule has 0 spiro atoms. The Bertz CT molecular complexity index is 718. The van der Waals surface area contributed by atoms with E-state index in [1.54, 1.807) is 17.3 Å². The highest BCUT2D eigenvalue weighted by molar-refractivity contribution is 5.91. The molecule has 0 saturated carbocycles. The number of nitrogens with zero attached hydrogens (tertiary/aromatic N) is 3. The predicted octanol–water partition coefficient (Wildman–Crippen LogP) is 2.58. The number of halogens is 1. The molecule has 1 saturated heterocycles. The molecule has 3 rings (SSSR count). The molecule has 0 atom stereocenters. The summed E-state index contributed by atoms with van der Waals surface area (Å²) in [6.45, 7) is 3.73. The van der Waals surface area contributed by atoms with Crippen LogP contribution in [0.15, 0.2) is 42.7 Å². The average Bonchev–Trinajstić information content (AvgIpc) is 2.64. The minimum atomic E-state index is -0.403. The van der Waals surface area contributed by atoms with Gasteiger partial charge in [0.1, 0.15) is 11.6 Å². The first-order chi connectivity index (χ1) is 12.2. The van der Waals surface area contributed by atoms with E-state index in [2.05, 4.69) is 15.2 Å². The van der Waals surface area contributed by atoms with Gasteiger partial charge in [0.2, 0.25) is 0 Å². The second kappa shape index (κ2) is 7.94. The van der Waals surface area contributed by atoms with Gasteiger partial charge in [0, 0.05) is 51.2 Å². The molecule has 1 aromatic heterocycles. The number of pyridine rings is 1. The van der Waals surface area contributed by atoms with Gasteiger partial charge in [0.15, 0.2) is 0 Å². The lowest BCUT2D eigenvalue weighted by atomic mass is 10.2. The molecule has 1 aliphatic heterocycles. The summed E-state index contributed by atoms with van der Waals surface area (Å²) in [4.78, 5) is 20.5. The lowest BCUT2D eigenvalue weighted by molar-refractivity contribution is 0.143. The Hall–Kier alpha value is -2.67. The third-order valence-corrected chi connectivity index (χ3v) is 4.22. The van der Waals surface area contributed by atoms with Gasteiger partial charge in [-0.25, -0.2) is 9.18 Å². The van der Waals surface area contributed by atoms with E-state index in [1.807, 2.05) is 12.1 Å². The van der Waals surface area contributed by atoms with Crippen LogP contribution in [-0.4, -0.2) is 54.1 Å².